The van der Waals surface area contributed by atoms with Crippen LogP contribution < -0.4 is 10.2 Å². The molecular weight excluding hydrogens is 312 g/mol. The molecule has 0 aromatic carbocycles. The maximum Gasteiger partial charge on any atom is 0.137 e. The number of imidazole rings is 1. The van der Waals surface area contributed by atoms with Gasteiger partial charge in [0.05, 0.1) is 12.2 Å². The van der Waals surface area contributed by atoms with Crippen LogP contribution in [0.15, 0.2) is 36.8 Å². The van der Waals surface area contributed by atoms with E-state index in [0.717, 1.165) is 42.0 Å². The monoisotopic (exact) mass is 336 g/mol. The predicted molar refractivity (Wildman–Crippen MR) is 99.9 cm³/mol. The first-order chi connectivity index (χ1) is 12.2. The van der Waals surface area contributed by atoms with Gasteiger partial charge in [0.1, 0.15) is 23.6 Å². The van der Waals surface area contributed by atoms with Crippen molar-refractivity contribution in [2.24, 2.45) is 5.92 Å². The van der Waals surface area contributed by atoms with E-state index in [4.69, 9.17) is 0 Å². The zero-order chi connectivity index (χ0) is 17.2. The Hall–Kier alpha value is -2.63. The first-order valence-corrected chi connectivity index (χ1v) is 8.93. The molecule has 4 heterocycles. The van der Waals surface area contributed by atoms with Crippen molar-refractivity contribution in [1.82, 2.24) is 19.4 Å². The van der Waals surface area contributed by atoms with Crippen LogP contribution in [0.2, 0.25) is 0 Å². The quantitative estimate of drug-likeness (QED) is 0.792. The Balaban J connectivity index is 1.47. The Kier molecular flexibility index (Phi) is 4.26. The number of nitrogens with one attached hydrogen (secondary N) is 1. The Labute approximate surface area is 147 Å². The van der Waals surface area contributed by atoms with Gasteiger partial charge in [-0.2, -0.15) is 0 Å². The minimum atomic E-state index is 0.647. The summed E-state index contributed by atoms with van der Waals surface area (Å²) >= 11 is 0. The molecule has 6 heteroatoms. The molecule has 0 aliphatic carbocycles. The van der Waals surface area contributed by atoms with Crippen LogP contribution in [-0.2, 0) is 6.54 Å². The summed E-state index contributed by atoms with van der Waals surface area (Å²) in [6, 6.07) is 8.18. The maximum absolute atomic E-state index is 4.66. The minimum absolute atomic E-state index is 0.647. The van der Waals surface area contributed by atoms with Crippen molar-refractivity contribution in [2.45, 2.75) is 33.2 Å². The van der Waals surface area contributed by atoms with Crippen LogP contribution in [0.5, 0.6) is 0 Å². The van der Waals surface area contributed by atoms with Crippen molar-refractivity contribution in [2.75, 3.05) is 23.3 Å². The molecule has 0 amide bonds. The molecule has 1 fully saturated rings. The fourth-order valence-electron chi connectivity index (χ4n) is 3.48. The van der Waals surface area contributed by atoms with E-state index in [1.54, 1.807) is 6.33 Å². The van der Waals surface area contributed by atoms with Gasteiger partial charge in [-0.05, 0) is 37.8 Å². The average Bonchev–Trinajstić information content (AvgIpc) is 3.05. The Morgan fingerprint density at radius 2 is 2.20 bits per heavy atom. The molecule has 1 N–H and O–H groups in total. The van der Waals surface area contributed by atoms with E-state index < -0.39 is 0 Å². The van der Waals surface area contributed by atoms with Gasteiger partial charge < -0.3 is 14.6 Å². The molecule has 0 saturated carbocycles. The first-order valence-electron chi connectivity index (χ1n) is 8.93. The highest BCUT2D eigenvalue weighted by Gasteiger charge is 2.17. The van der Waals surface area contributed by atoms with Gasteiger partial charge in [0.25, 0.3) is 0 Å². The summed E-state index contributed by atoms with van der Waals surface area (Å²) in [5.74, 6) is 2.58. The first kappa shape index (κ1) is 15.9. The lowest BCUT2D eigenvalue weighted by molar-refractivity contribution is 0.444. The Bertz CT molecular complexity index is 871. The molecule has 0 spiro atoms. The molecule has 25 heavy (non-hydrogen) atoms. The number of rotatable bonds is 4. The lowest BCUT2D eigenvalue weighted by atomic mass is 10.0. The lowest BCUT2D eigenvalue weighted by Crippen LogP contribution is -2.34. The van der Waals surface area contributed by atoms with Crippen molar-refractivity contribution >= 4 is 17.3 Å². The summed E-state index contributed by atoms with van der Waals surface area (Å²) in [5, 5.41) is 3.38. The second-order valence-electron chi connectivity index (χ2n) is 6.94. The van der Waals surface area contributed by atoms with E-state index in [9.17, 15) is 0 Å². The second-order valence-corrected chi connectivity index (χ2v) is 6.94. The van der Waals surface area contributed by atoms with Gasteiger partial charge in [0.15, 0.2) is 0 Å². The molecule has 3 aromatic rings. The van der Waals surface area contributed by atoms with Crippen molar-refractivity contribution < 1.29 is 0 Å². The number of pyridine rings is 1. The molecule has 1 aliphatic rings. The summed E-state index contributed by atoms with van der Waals surface area (Å²) < 4.78 is 2.11. The number of nitrogens with zero attached hydrogens (tertiary/aromatic N) is 5. The molecule has 1 unspecified atom stereocenters. The van der Waals surface area contributed by atoms with Gasteiger partial charge in [0.2, 0.25) is 0 Å². The van der Waals surface area contributed by atoms with Crippen LogP contribution >= 0.6 is 0 Å². The lowest BCUT2D eigenvalue weighted by Gasteiger charge is -2.31. The number of aromatic nitrogens is 4. The minimum Gasteiger partial charge on any atom is -0.364 e. The normalized spacial score (nSPS) is 17.8. The van der Waals surface area contributed by atoms with Crippen molar-refractivity contribution in [3.8, 4) is 0 Å². The summed E-state index contributed by atoms with van der Waals surface area (Å²) in [4.78, 5) is 15.8. The highest BCUT2D eigenvalue weighted by molar-refractivity contribution is 5.49. The van der Waals surface area contributed by atoms with Crippen LogP contribution in [0.1, 0.15) is 31.2 Å². The number of aryl methyl sites for hydroxylation is 1. The summed E-state index contributed by atoms with van der Waals surface area (Å²) in [5.41, 5.74) is 3.16. The molecule has 4 rings (SSSR count). The topological polar surface area (TPSA) is 58.4 Å². The highest BCUT2D eigenvalue weighted by Crippen LogP contribution is 2.22. The summed E-state index contributed by atoms with van der Waals surface area (Å²) in [6.07, 6.45) is 6.26. The van der Waals surface area contributed by atoms with Crippen LogP contribution in [0.4, 0.5) is 11.6 Å². The van der Waals surface area contributed by atoms with E-state index in [1.807, 2.05) is 18.2 Å². The van der Waals surface area contributed by atoms with E-state index in [1.165, 1.54) is 18.5 Å². The number of hydrogen-bond acceptors (Lipinski definition) is 5. The molecule has 1 atom stereocenters. The average molecular weight is 336 g/mol. The van der Waals surface area contributed by atoms with Gasteiger partial charge >= 0.3 is 0 Å². The van der Waals surface area contributed by atoms with Crippen LogP contribution in [-0.4, -0.2) is 32.4 Å². The van der Waals surface area contributed by atoms with Gasteiger partial charge in [0, 0.05) is 31.0 Å². The molecule has 3 aromatic heterocycles. The summed E-state index contributed by atoms with van der Waals surface area (Å²) in [7, 11) is 0. The van der Waals surface area contributed by atoms with Gasteiger partial charge in [-0.3, -0.25) is 0 Å². The fraction of sp³-hybridized carbons (Fsp3) is 0.421. The van der Waals surface area contributed by atoms with Gasteiger partial charge in [-0.25, -0.2) is 15.0 Å². The van der Waals surface area contributed by atoms with Crippen LogP contribution in [0, 0.1) is 12.8 Å². The maximum atomic E-state index is 4.66. The highest BCUT2D eigenvalue weighted by atomic mass is 15.2. The third-order valence-electron chi connectivity index (χ3n) is 4.83. The predicted octanol–water partition coefficient (Wildman–Crippen LogP) is 3.28. The molecule has 0 radical (unpaired) electrons. The molecule has 6 nitrogen and oxygen atoms in total. The second kappa shape index (κ2) is 6.70. The molecule has 0 bridgehead atoms. The standard InChI is InChI=1S/C19H24N6/c1-14-5-4-8-24(11-14)19-9-17(21-13-22-19)20-10-16-12-25-15(2)6-3-7-18(25)23-16/h3,6-7,9,12-14H,4-5,8,10-11H2,1-2H3,(H,20,21,22). The number of hydrogen-bond donors (Lipinski definition) is 1. The fourth-order valence-corrected chi connectivity index (χ4v) is 3.48. The molecule has 1 saturated heterocycles. The van der Waals surface area contributed by atoms with Crippen molar-refractivity contribution in [3.05, 3.63) is 48.2 Å². The SMILES string of the molecule is Cc1cccc2nc(CNc3cc(N4CCCC(C)C4)ncn3)cn12. The van der Waals surface area contributed by atoms with Gasteiger partial charge in [-0.1, -0.05) is 13.0 Å². The van der Waals surface area contributed by atoms with E-state index in [0.29, 0.717) is 6.54 Å². The largest absolute Gasteiger partial charge is 0.364 e. The Morgan fingerprint density at radius 3 is 3.04 bits per heavy atom. The number of fused-ring (bicyclic) bond motifs is 1. The number of piperidine rings is 1. The molecule has 1 aliphatic heterocycles. The van der Waals surface area contributed by atoms with E-state index in [-0.39, 0.29) is 0 Å². The van der Waals surface area contributed by atoms with E-state index >= 15 is 0 Å². The number of anilines is 2. The van der Waals surface area contributed by atoms with Crippen LogP contribution in [0.3, 0.4) is 0 Å². The zero-order valence-corrected chi connectivity index (χ0v) is 14.8. The van der Waals surface area contributed by atoms with Crippen molar-refractivity contribution in [3.63, 3.8) is 0 Å². The Morgan fingerprint density at radius 1 is 1.28 bits per heavy atom. The molecule has 130 valence electrons. The zero-order valence-electron chi connectivity index (χ0n) is 14.8. The third kappa shape index (κ3) is 3.43. The smallest absolute Gasteiger partial charge is 0.137 e. The molecular formula is C19H24N6. The third-order valence-corrected chi connectivity index (χ3v) is 4.83. The van der Waals surface area contributed by atoms with Crippen LogP contribution in [0.25, 0.3) is 5.65 Å². The van der Waals surface area contributed by atoms with Gasteiger partial charge in [-0.15, -0.1) is 0 Å². The van der Waals surface area contributed by atoms with Crippen molar-refractivity contribution in [1.29, 1.82) is 0 Å². The van der Waals surface area contributed by atoms with E-state index in [2.05, 4.69) is 55.7 Å². The summed E-state index contributed by atoms with van der Waals surface area (Å²) in [6.45, 7) is 7.18.